The number of nitrogens with one attached hydrogen (secondary N) is 2. The summed E-state index contributed by atoms with van der Waals surface area (Å²) in [4.78, 5) is 21.5. The highest BCUT2D eigenvalue weighted by Gasteiger charge is 2.15. The number of sulfonamides is 1. The van der Waals surface area contributed by atoms with Gasteiger partial charge in [-0.05, 0) is 37.1 Å². The number of pyridine rings is 1. The third-order valence-electron chi connectivity index (χ3n) is 4.79. The van der Waals surface area contributed by atoms with Crippen LogP contribution in [0.15, 0.2) is 53.3 Å². The van der Waals surface area contributed by atoms with Gasteiger partial charge in [0, 0.05) is 30.4 Å². The second kappa shape index (κ2) is 8.89. The number of imidazole rings is 1. The molecular weight excluding hydrogens is 432 g/mol. The fraction of sp³-hybridized carbons (Fsp3) is 0.238. The van der Waals surface area contributed by atoms with Gasteiger partial charge in [0.2, 0.25) is 21.7 Å². The van der Waals surface area contributed by atoms with Gasteiger partial charge in [0.15, 0.2) is 0 Å². The molecule has 32 heavy (non-hydrogen) atoms. The van der Waals surface area contributed by atoms with Crippen LogP contribution in [0.25, 0.3) is 17.0 Å². The van der Waals surface area contributed by atoms with Gasteiger partial charge in [0.25, 0.3) is 5.91 Å². The quantitative estimate of drug-likeness (QED) is 0.391. The van der Waals surface area contributed by atoms with Crippen molar-refractivity contribution in [1.82, 2.24) is 24.2 Å². The average molecular weight is 455 g/mol. The van der Waals surface area contributed by atoms with Gasteiger partial charge in [0.1, 0.15) is 11.3 Å². The molecular formula is C21H22N6O4S. The van der Waals surface area contributed by atoms with Gasteiger partial charge in [-0.1, -0.05) is 23.4 Å². The molecule has 10 nitrogen and oxygen atoms in total. The van der Waals surface area contributed by atoms with E-state index in [1.54, 1.807) is 16.7 Å². The van der Waals surface area contributed by atoms with Gasteiger partial charge in [-0.2, -0.15) is 4.98 Å². The Morgan fingerprint density at radius 2 is 2.06 bits per heavy atom. The largest absolute Gasteiger partial charge is 0.339 e. The number of anilines is 1. The van der Waals surface area contributed by atoms with Crippen molar-refractivity contribution in [3.8, 4) is 11.4 Å². The molecule has 0 spiro atoms. The fourth-order valence-electron chi connectivity index (χ4n) is 3.15. The first kappa shape index (κ1) is 21.7. The Balaban J connectivity index is 1.47. The second-order valence-electron chi connectivity index (χ2n) is 7.34. The van der Waals surface area contributed by atoms with Crippen molar-refractivity contribution in [1.29, 1.82) is 0 Å². The van der Waals surface area contributed by atoms with Gasteiger partial charge in [-0.15, -0.1) is 0 Å². The minimum absolute atomic E-state index is 0.281. The standard InChI is InChI=1S/C21H22N6O4S/c1-14-8-9-15(20-25-19(31-26-20)7-5-10-23-32(2,29)30)12-16(14)24-21(28)17-13-22-18-6-3-4-11-27(17)18/h3-4,6,8-9,11-13,23H,5,7,10H2,1-2H3,(H,24,28). The van der Waals surface area contributed by atoms with Gasteiger partial charge in [-0.25, -0.2) is 18.1 Å². The summed E-state index contributed by atoms with van der Waals surface area (Å²) >= 11 is 0. The first-order valence-corrected chi connectivity index (χ1v) is 11.8. The molecule has 3 aromatic heterocycles. The zero-order valence-electron chi connectivity index (χ0n) is 17.6. The number of nitrogens with zero attached hydrogens (tertiary/aromatic N) is 4. The van der Waals surface area contributed by atoms with Crippen LogP contribution in [0.2, 0.25) is 0 Å². The van der Waals surface area contributed by atoms with Crippen LogP contribution in [0.3, 0.4) is 0 Å². The van der Waals surface area contributed by atoms with Crippen LogP contribution < -0.4 is 10.0 Å². The molecule has 11 heteroatoms. The molecule has 4 rings (SSSR count). The van der Waals surface area contributed by atoms with Crippen LogP contribution in [0.5, 0.6) is 0 Å². The molecule has 1 aromatic carbocycles. The maximum Gasteiger partial charge on any atom is 0.274 e. The zero-order chi connectivity index (χ0) is 22.7. The lowest BCUT2D eigenvalue weighted by molar-refractivity contribution is 0.102. The molecule has 0 bridgehead atoms. The minimum Gasteiger partial charge on any atom is -0.339 e. The van der Waals surface area contributed by atoms with E-state index in [1.165, 1.54) is 6.20 Å². The fourth-order valence-corrected chi connectivity index (χ4v) is 3.67. The Bertz CT molecular complexity index is 1380. The number of amides is 1. The lowest BCUT2D eigenvalue weighted by atomic mass is 10.1. The van der Waals surface area contributed by atoms with Crippen molar-refractivity contribution in [2.45, 2.75) is 19.8 Å². The normalized spacial score (nSPS) is 11.7. The number of carbonyl (C=O) groups is 1. The number of aryl methyl sites for hydroxylation is 2. The number of aromatic nitrogens is 4. The highest BCUT2D eigenvalue weighted by molar-refractivity contribution is 7.88. The number of carbonyl (C=O) groups excluding carboxylic acids is 1. The van der Waals surface area contributed by atoms with E-state index in [0.717, 1.165) is 11.8 Å². The van der Waals surface area contributed by atoms with Gasteiger partial charge >= 0.3 is 0 Å². The molecule has 0 aliphatic carbocycles. The maximum atomic E-state index is 12.8. The molecule has 0 saturated heterocycles. The summed E-state index contributed by atoms with van der Waals surface area (Å²) in [5.74, 6) is 0.518. The zero-order valence-corrected chi connectivity index (χ0v) is 18.4. The van der Waals surface area contributed by atoms with E-state index in [2.05, 4.69) is 25.2 Å². The van der Waals surface area contributed by atoms with E-state index in [-0.39, 0.29) is 5.91 Å². The van der Waals surface area contributed by atoms with Crippen molar-refractivity contribution >= 4 is 27.3 Å². The summed E-state index contributed by atoms with van der Waals surface area (Å²) in [5, 5.41) is 6.93. The predicted octanol–water partition coefficient (Wildman–Crippen LogP) is 2.43. The van der Waals surface area contributed by atoms with E-state index in [0.29, 0.717) is 53.7 Å². The van der Waals surface area contributed by atoms with Gasteiger partial charge in [-0.3, -0.25) is 9.20 Å². The molecule has 166 valence electrons. The molecule has 0 aliphatic rings. The van der Waals surface area contributed by atoms with E-state index in [9.17, 15) is 13.2 Å². The van der Waals surface area contributed by atoms with E-state index < -0.39 is 10.0 Å². The summed E-state index contributed by atoms with van der Waals surface area (Å²) in [5.41, 5.74) is 3.31. The number of rotatable bonds is 8. The Morgan fingerprint density at radius 3 is 2.88 bits per heavy atom. The van der Waals surface area contributed by atoms with Crippen molar-refractivity contribution in [2.24, 2.45) is 0 Å². The van der Waals surface area contributed by atoms with Gasteiger partial charge < -0.3 is 9.84 Å². The molecule has 4 aromatic rings. The van der Waals surface area contributed by atoms with E-state index >= 15 is 0 Å². The van der Waals surface area contributed by atoms with Crippen LogP contribution in [-0.4, -0.2) is 46.7 Å². The highest BCUT2D eigenvalue weighted by atomic mass is 32.2. The summed E-state index contributed by atoms with van der Waals surface area (Å²) in [6, 6.07) is 11.0. The minimum atomic E-state index is -3.22. The average Bonchev–Trinajstić information content (AvgIpc) is 3.39. The third-order valence-corrected chi connectivity index (χ3v) is 5.52. The van der Waals surface area contributed by atoms with Crippen molar-refractivity contribution in [2.75, 3.05) is 18.1 Å². The molecule has 0 fully saturated rings. The molecule has 1 amide bonds. The molecule has 0 atom stereocenters. The number of hydrogen-bond donors (Lipinski definition) is 2. The second-order valence-corrected chi connectivity index (χ2v) is 9.17. The van der Waals surface area contributed by atoms with Crippen LogP contribution in [0.1, 0.15) is 28.4 Å². The molecule has 0 aliphatic heterocycles. The van der Waals surface area contributed by atoms with Crippen molar-refractivity contribution < 1.29 is 17.7 Å². The molecule has 0 unspecified atom stereocenters. The summed E-state index contributed by atoms with van der Waals surface area (Å²) < 4.78 is 31.6. The van der Waals surface area contributed by atoms with Crippen LogP contribution >= 0.6 is 0 Å². The summed E-state index contributed by atoms with van der Waals surface area (Å²) in [6.45, 7) is 2.19. The molecule has 2 N–H and O–H groups in total. The van der Waals surface area contributed by atoms with Gasteiger partial charge in [0.05, 0.1) is 12.5 Å². The Morgan fingerprint density at radius 1 is 1.22 bits per heavy atom. The Labute approximate surface area is 184 Å². The lowest BCUT2D eigenvalue weighted by Crippen LogP contribution is -2.23. The van der Waals surface area contributed by atoms with Crippen molar-refractivity contribution in [3.63, 3.8) is 0 Å². The topological polar surface area (TPSA) is 131 Å². The first-order valence-electron chi connectivity index (χ1n) is 9.92. The molecule has 0 radical (unpaired) electrons. The SMILES string of the molecule is Cc1ccc(-c2noc(CCCNS(C)(=O)=O)n2)cc1NC(=O)c1cnc2ccccn12. The smallest absolute Gasteiger partial charge is 0.274 e. The number of hydrogen-bond acceptors (Lipinski definition) is 7. The molecule has 0 saturated carbocycles. The van der Waals surface area contributed by atoms with E-state index in [4.69, 9.17) is 4.52 Å². The lowest BCUT2D eigenvalue weighted by Gasteiger charge is -2.09. The molecule has 3 heterocycles. The maximum absolute atomic E-state index is 12.8. The first-order chi connectivity index (χ1) is 15.3. The Hall–Kier alpha value is -3.57. The number of fused-ring (bicyclic) bond motifs is 1. The highest BCUT2D eigenvalue weighted by Crippen LogP contribution is 2.24. The summed E-state index contributed by atoms with van der Waals surface area (Å²) in [7, 11) is -3.22. The third kappa shape index (κ3) is 5.01. The van der Waals surface area contributed by atoms with Crippen LogP contribution in [0, 0.1) is 6.92 Å². The van der Waals surface area contributed by atoms with Crippen LogP contribution in [-0.2, 0) is 16.4 Å². The van der Waals surface area contributed by atoms with E-state index in [1.807, 2.05) is 37.3 Å². The predicted molar refractivity (Wildman–Crippen MR) is 119 cm³/mol. The Kier molecular flexibility index (Phi) is 6.01. The van der Waals surface area contributed by atoms with Crippen molar-refractivity contribution in [3.05, 3.63) is 65.9 Å². The summed E-state index contributed by atoms with van der Waals surface area (Å²) in [6.07, 6.45) is 5.41. The number of benzene rings is 1. The monoisotopic (exact) mass is 454 g/mol. The van der Waals surface area contributed by atoms with Crippen LogP contribution in [0.4, 0.5) is 5.69 Å².